The maximum Gasteiger partial charge on any atom is 0 e. The first-order chi connectivity index (χ1) is 23.7. The normalized spacial score (nSPS) is 14.6. The number of ether oxygens (including phenoxy) is 1. The van der Waals surface area contributed by atoms with Crippen LogP contribution in [-0.2, 0) is 26.5 Å². The first kappa shape index (κ1) is 28.0. The van der Waals surface area contributed by atoms with Crippen LogP contribution in [0.4, 0.5) is 34.3 Å². The van der Waals surface area contributed by atoms with Crippen LogP contribution in [0.25, 0.3) is 0 Å². The number of hydrogen-bond donors (Lipinski definition) is 0. The molecule has 6 aromatic rings. The average molecular weight is 909 g/mol. The van der Waals surface area contributed by atoms with E-state index in [-0.39, 0.29) is 26.5 Å². The van der Waals surface area contributed by atoms with Gasteiger partial charge in [-0.3, -0.25) is 0 Å². The molecule has 0 amide bonds. The number of para-hydroxylation sites is 3. The molecule has 47 heavy (non-hydrogen) atoms. The standard InChI is InChI=1S/C40H31N4OTe.Pt/c1-40(2,28-12-5-4-6-13-28)29-22-23-41-39(24-29)44-35-18-9-10-19-37(35)46-38-21-20-32(26-36(38)44)45-31-15-11-14-30(25-31)43-27-42(3)33-16-7-8-17-34(33)43;/h4-24,27H,1-3H3;/q-3;/i3D3;. The number of nitrogens with zero attached hydrogens (tertiary/aromatic N) is 4. The quantitative estimate of drug-likeness (QED) is 0.125. The van der Waals surface area contributed by atoms with Gasteiger partial charge in [0.25, 0.3) is 0 Å². The Hall–Kier alpha value is -4.07. The van der Waals surface area contributed by atoms with Gasteiger partial charge in [0.15, 0.2) is 0 Å². The van der Waals surface area contributed by atoms with Crippen molar-refractivity contribution in [1.29, 1.82) is 0 Å². The second-order valence-corrected chi connectivity index (χ2v) is 14.8. The maximum atomic E-state index is 8.04. The third-order valence-corrected chi connectivity index (χ3v) is 11.6. The molecule has 0 bridgehead atoms. The number of pyridine rings is 1. The zero-order valence-corrected chi connectivity index (χ0v) is 30.2. The number of aromatic nitrogens is 1. The summed E-state index contributed by atoms with van der Waals surface area (Å²) in [5.41, 5.74) is 6.26. The van der Waals surface area contributed by atoms with Crippen LogP contribution in [0, 0.1) is 18.8 Å². The Kier molecular flexibility index (Phi) is 7.65. The van der Waals surface area contributed by atoms with E-state index in [1.165, 1.54) is 23.2 Å². The fourth-order valence-corrected chi connectivity index (χ4v) is 8.89. The molecule has 5 aromatic carbocycles. The molecule has 7 heteroatoms. The molecule has 0 saturated carbocycles. The predicted octanol–water partition coefficient (Wildman–Crippen LogP) is 7.94. The minimum absolute atomic E-state index is 0. The van der Waals surface area contributed by atoms with Gasteiger partial charge >= 0.3 is 276 Å². The fraction of sp³-hybridized carbons (Fsp3) is 0.100. The summed E-state index contributed by atoms with van der Waals surface area (Å²) in [5.74, 6) is 1.88. The maximum absolute atomic E-state index is 8.04. The molecule has 3 heterocycles. The first-order valence-corrected chi connectivity index (χ1v) is 17.4. The van der Waals surface area contributed by atoms with Crippen molar-refractivity contribution in [2.75, 3.05) is 21.7 Å². The van der Waals surface area contributed by atoms with Crippen molar-refractivity contribution in [2.45, 2.75) is 19.3 Å². The molecule has 2 aliphatic heterocycles. The molecule has 0 aliphatic carbocycles. The van der Waals surface area contributed by atoms with E-state index in [0.29, 0.717) is 22.9 Å². The molecular formula is C40H31N4OPtTe-3. The van der Waals surface area contributed by atoms with Gasteiger partial charge in [0, 0.05) is 25.2 Å². The molecule has 0 radical (unpaired) electrons. The molecule has 0 spiro atoms. The van der Waals surface area contributed by atoms with E-state index in [4.69, 9.17) is 13.8 Å². The Morgan fingerprint density at radius 3 is 2.32 bits per heavy atom. The topological polar surface area (TPSA) is 31.8 Å². The van der Waals surface area contributed by atoms with Crippen molar-refractivity contribution in [3.63, 3.8) is 0 Å². The summed E-state index contributed by atoms with van der Waals surface area (Å²) in [5, 5.41) is 0. The van der Waals surface area contributed by atoms with E-state index in [9.17, 15) is 0 Å². The summed E-state index contributed by atoms with van der Waals surface area (Å²) < 4.78 is 33.1. The van der Waals surface area contributed by atoms with Crippen LogP contribution in [0.15, 0.2) is 128 Å². The number of fused-ring (bicyclic) bond motifs is 3. The summed E-state index contributed by atoms with van der Waals surface area (Å²) in [4.78, 5) is 10.2. The molecule has 0 N–H and O–H groups in total. The number of benzene rings is 5. The van der Waals surface area contributed by atoms with Crippen LogP contribution in [0.3, 0.4) is 0 Å². The van der Waals surface area contributed by atoms with E-state index < -0.39 is 27.9 Å². The fourth-order valence-electron chi connectivity index (χ4n) is 5.97. The Labute approximate surface area is 305 Å². The Bertz CT molecular complexity index is 2180. The van der Waals surface area contributed by atoms with Crippen molar-refractivity contribution in [1.82, 2.24) is 4.98 Å². The second kappa shape index (κ2) is 12.9. The molecule has 1 aromatic heterocycles. The van der Waals surface area contributed by atoms with Gasteiger partial charge in [0.05, 0.1) is 0 Å². The van der Waals surface area contributed by atoms with Crippen LogP contribution in [-0.4, -0.2) is 32.9 Å². The monoisotopic (exact) mass is 911 g/mol. The third-order valence-electron chi connectivity index (χ3n) is 8.47. The molecule has 0 fully saturated rings. The summed E-state index contributed by atoms with van der Waals surface area (Å²) in [7, 11) is 0. The predicted molar refractivity (Wildman–Crippen MR) is 188 cm³/mol. The molecule has 0 atom stereocenters. The van der Waals surface area contributed by atoms with Gasteiger partial charge in [0.2, 0.25) is 0 Å². The number of anilines is 6. The van der Waals surface area contributed by atoms with Crippen LogP contribution < -0.4 is 26.7 Å². The van der Waals surface area contributed by atoms with E-state index >= 15 is 0 Å². The molecule has 0 saturated heterocycles. The molecular weight excluding hydrogens is 875 g/mol. The summed E-state index contributed by atoms with van der Waals surface area (Å²) in [6.07, 6.45) is 1.89. The Morgan fingerprint density at radius 2 is 1.49 bits per heavy atom. The summed E-state index contributed by atoms with van der Waals surface area (Å²) in [6.45, 7) is 3.76. The van der Waals surface area contributed by atoms with Crippen molar-refractivity contribution >= 4 is 62.4 Å². The van der Waals surface area contributed by atoms with E-state index in [1.807, 2.05) is 59.6 Å². The number of hydrogen-bond acceptors (Lipinski definition) is 5. The number of rotatable bonds is 6. The van der Waals surface area contributed by atoms with Gasteiger partial charge in [-0.15, -0.1) is 0 Å². The van der Waals surface area contributed by atoms with Crippen molar-refractivity contribution in [2.24, 2.45) is 0 Å². The molecule has 0 unspecified atom stereocenters. The van der Waals surface area contributed by atoms with E-state index in [0.717, 1.165) is 22.9 Å². The molecule has 236 valence electrons. The van der Waals surface area contributed by atoms with Gasteiger partial charge in [-0.25, -0.2) is 0 Å². The van der Waals surface area contributed by atoms with Crippen LogP contribution in [0.2, 0.25) is 0 Å². The van der Waals surface area contributed by atoms with Gasteiger partial charge in [0.1, 0.15) is 0 Å². The summed E-state index contributed by atoms with van der Waals surface area (Å²) in [6, 6.07) is 47.5. The zero-order chi connectivity index (χ0) is 33.8. The van der Waals surface area contributed by atoms with Crippen LogP contribution in [0.1, 0.15) is 29.1 Å². The zero-order valence-electron chi connectivity index (χ0n) is 28.6. The van der Waals surface area contributed by atoms with Gasteiger partial charge in [-0.2, -0.15) is 0 Å². The summed E-state index contributed by atoms with van der Waals surface area (Å²) >= 11 is -0.684. The van der Waals surface area contributed by atoms with Gasteiger partial charge in [-0.1, -0.05) is 6.07 Å². The van der Waals surface area contributed by atoms with Crippen molar-refractivity contribution < 1.29 is 29.9 Å². The molecule has 8 rings (SSSR count). The molecule has 5 nitrogen and oxygen atoms in total. The second-order valence-electron chi connectivity index (χ2n) is 11.7. The SMILES string of the molecule is [2H]C([2H])([2H])N1[CH-]N(c2[c-]c(Oc3[c-]c4c(cc3)[Te]c3ccccc3N4c3cc(C(C)(C)c4ccccc4)ccn3)ccc2)c2ccccc21.[Pt]. The van der Waals surface area contributed by atoms with Crippen LogP contribution >= 0.6 is 0 Å². The minimum Gasteiger partial charge on any atom is 0 e. The van der Waals surface area contributed by atoms with Crippen molar-refractivity contribution in [3.8, 4) is 11.5 Å². The van der Waals surface area contributed by atoms with E-state index in [1.54, 1.807) is 12.7 Å². The average Bonchev–Trinajstić information content (AvgIpc) is 3.52. The van der Waals surface area contributed by atoms with Gasteiger partial charge in [-0.05, 0) is 0 Å². The Balaban J connectivity index is 0.00000392. The Morgan fingerprint density at radius 1 is 0.745 bits per heavy atom. The largest absolute Gasteiger partial charge is 0 e. The van der Waals surface area contributed by atoms with Crippen LogP contribution in [0.5, 0.6) is 11.5 Å². The first-order valence-electron chi connectivity index (χ1n) is 16.5. The van der Waals surface area contributed by atoms with E-state index in [2.05, 4.69) is 97.6 Å². The van der Waals surface area contributed by atoms with Crippen molar-refractivity contribution in [3.05, 3.63) is 157 Å². The van der Waals surface area contributed by atoms with Gasteiger partial charge < -0.3 is 0 Å². The molecule has 2 aliphatic rings. The third kappa shape index (κ3) is 5.85. The smallest absolute Gasteiger partial charge is 0 e. The minimum atomic E-state index is -2.32.